The van der Waals surface area contributed by atoms with Gasteiger partial charge in [-0.15, -0.1) is 0 Å². The smallest absolute Gasteiger partial charge is 0.408 e. The number of esters is 1. The van der Waals surface area contributed by atoms with Crippen molar-refractivity contribution < 1.29 is 28.7 Å². The van der Waals surface area contributed by atoms with Crippen LogP contribution < -0.4 is 10.6 Å². The standard InChI is InChI=1S/C26H41N3O6/c1-9-18(4)21(28-25(33)35-26(5,6)7)24(32)29(8)22(19-13-11-17(3)12-14-19)23(31)27-16-15-20(30)34-10-2/h11-14,18,21-22H,9-10,15-16H2,1-8H3,(H,27,31)(H,28,33). The van der Waals surface area contributed by atoms with Crippen molar-refractivity contribution in [2.24, 2.45) is 5.92 Å². The van der Waals surface area contributed by atoms with E-state index in [0.717, 1.165) is 5.56 Å². The minimum Gasteiger partial charge on any atom is -0.466 e. The molecule has 0 saturated carbocycles. The third-order valence-corrected chi connectivity index (χ3v) is 5.46. The van der Waals surface area contributed by atoms with Gasteiger partial charge in [-0.05, 0) is 46.1 Å². The second kappa shape index (κ2) is 13.7. The quantitative estimate of drug-likeness (QED) is 0.458. The number of amides is 3. The molecule has 0 aliphatic heterocycles. The largest absolute Gasteiger partial charge is 0.466 e. The molecule has 0 heterocycles. The molecule has 1 aromatic carbocycles. The lowest BCUT2D eigenvalue weighted by atomic mass is 9.96. The third-order valence-electron chi connectivity index (χ3n) is 5.46. The van der Waals surface area contributed by atoms with Gasteiger partial charge in [0.1, 0.15) is 17.7 Å². The first-order valence-corrected chi connectivity index (χ1v) is 12.1. The molecule has 9 heteroatoms. The number of benzene rings is 1. The molecule has 0 aliphatic rings. The fourth-order valence-electron chi connectivity index (χ4n) is 3.38. The Morgan fingerprint density at radius 3 is 2.17 bits per heavy atom. The monoisotopic (exact) mass is 491 g/mol. The first-order chi connectivity index (χ1) is 16.3. The number of likely N-dealkylation sites (N-methyl/N-ethyl adjacent to an activating group) is 1. The van der Waals surface area contributed by atoms with Crippen LogP contribution in [0.5, 0.6) is 0 Å². The predicted octanol–water partition coefficient (Wildman–Crippen LogP) is 3.50. The molecule has 0 aliphatic carbocycles. The van der Waals surface area contributed by atoms with Gasteiger partial charge in [0.05, 0.1) is 13.0 Å². The zero-order chi connectivity index (χ0) is 26.8. The van der Waals surface area contributed by atoms with Crippen molar-refractivity contribution in [2.45, 2.75) is 79.0 Å². The molecule has 9 nitrogen and oxygen atoms in total. The van der Waals surface area contributed by atoms with Gasteiger partial charge in [-0.25, -0.2) is 4.79 Å². The van der Waals surface area contributed by atoms with Gasteiger partial charge in [0.15, 0.2) is 0 Å². The summed E-state index contributed by atoms with van der Waals surface area (Å²) < 4.78 is 10.3. The van der Waals surface area contributed by atoms with Gasteiger partial charge in [0.2, 0.25) is 11.8 Å². The van der Waals surface area contributed by atoms with Gasteiger partial charge in [-0.2, -0.15) is 0 Å². The van der Waals surface area contributed by atoms with Crippen molar-refractivity contribution in [3.05, 3.63) is 35.4 Å². The first-order valence-electron chi connectivity index (χ1n) is 12.1. The number of nitrogens with zero attached hydrogens (tertiary/aromatic N) is 1. The predicted molar refractivity (Wildman–Crippen MR) is 134 cm³/mol. The summed E-state index contributed by atoms with van der Waals surface area (Å²) in [6.45, 7) is 13.0. The Morgan fingerprint density at radius 2 is 1.66 bits per heavy atom. The number of hydrogen-bond acceptors (Lipinski definition) is 6. The SMILES string of the molecule is CCOC(=O)CCNC(=O)C(c1ccc(C)cc1)N(C)C(=O)C(NC(=O)OC(C)(C)C)C(C)CC. The maximum absolute atomic E-state index is 13.6. The summed E-state index contributed by atoms with van der Waals surface area (Å²) >= 11 is 0. The van der Waals surface area contributed by atoms with E-state index in [1.54, 1.807) is 39.8 Å². The Kier molecular flexibility index (Phi) is 11.7. The molecular formula is C26H41N3O6. The summed E-state index contributed by atoms with van der Waals surface area (Å²) in [5.41, 5.74) is 0.899. The lowest BCUT2D eigenvalue weighted by molar-refractivity contribution is -0.144. The zero-order valence-corrected chi connectivity index (χ0v) is 22.3. The average molecular weight is 492 g/mol. The van der Waals surface area contributed by atoms with Crippen LogP contribution in [-0.4, -0.2) is 60.6 Å². The highest BCUT2D eigenvalue weighted by atomic mass is 16.6. The second-order valence-corrected chi connectivity index (χ2v) is 9.62. The summed E-state index contributed by atoms with van der Waals surface area (Å²) in [6, 6.07) is 5.44. The number of aryl methyl sites for hydroxylation is 1. The number of ether oxygens (including phenoxy) is 2. The van der Waals surface area contributed by atoms with Gasteiger partial charge < -0.3 is 25.0 Å². The molecule has 1 rings (SSSR count). The normalized spacial score (nSPS) is 13.7. The maximum atomic E-state index is 13.6. The average Bonchev–Trinajstić information content (AvgIpc) is 2.76. The Balaban J connectivity index is 3.17. The van der Waals surface area contributed by atoms with Gasteiger partial charge in [-0.1, -0.05) is 50.1 Å². The minimum absolute atomic E-state index is 0.0214. The van der Waals surface area contributed by atoms with Crippen molar-refractivity contribution in [1.82, 2.24) is 15.5 Å². The fraction of sp³-hybridized carbons (Fsp3) is 0.615. The number of nitrogens with one attached hydrogen (secondary N) is 2. The van der Waals surface area contributed by atoms with E-state index in [4.69, 9.17) is 9.47 Å². The van der Waals surface area contributed by atoms with Gasteiger partial charge in [-0.3, -0.25) is 14.4 Å². The number of carbonyl (C=O) groups excluding carboxylic acids is 4. The molecular weight excluding hydrogens is 450 g/mol. The number of alkyl carbamates (subject to hydrolysis) is 1. The van der Waals surface area contributed by atoms with Crippen LogP contribution in [0.3, 0.4) is 0 Å². The van der Waals surface area contributed by atoms with Crippen LogP contribution in [0.2, 0.25) is 0 Å². The van der Waals surface area contributed by atoms with E-state index in [1.165, 1.54) is 11.9 Å². The summed E-state index contributed by atoms with van der Waals surface area (Å²) in [5.74, 6) is -1.48. The van der Waals surface area contributed by atoms with E-state index in [-0.39, 0.29) is 25.5 Å². The molecule has 2 N–H and O–H groups in total. The first kappa shape index (κ1) is 29.9. The van der Waals surface area contributed by atoms with Crippen LogP contribution in [0.15, 0.2) is 24.3 Å². The van der Waals surface area contributed by atoms with Crippen molar-refractivity contribution in [3.8, 4) is 0 Å². The Labute approximate surface area is 208 Å². The summed E-state index contributed by atoms with van der Waals surface area (Å²) in [5, 5.41) is 5.42. The molecule has 0 spiro atoms. The third kappa shape index (κ3) is 9.96. The highest BCUT2D eigenvalue weighted by Gasteiger charge is 2.36. The van der Waals surface area contributed by atoms with Crippen molar-refractivity contribution >= 4 is 23.9 Å². The molecule has 0 radical (unpaired) electrons. The minimum atomic E-state index is -0.961. The maximum Gasteiger partial charge on any atom is 0.408 e. The van der Waals surface area contributed by atoms with E-state index in [0.29, 0.717) is 12.0 Å². The summed E-state index contributed by atoms with van der Waals surface area (Å²) in [7, 11) is 1.53. The van der Waals surface area contributed by atoms with Crippen LogP contribution in [-0.2, 0) is 23.9 Å². The van der Waals surface area contributed by atoms with E-state index in [9.17, 15) is 19.2 Å². The zero-order valence-electron chi connectivity index (χ0n) is 22.3. The number of carbonyl (C=O) groups is 4. The number of hydrogen-bond donors (Lipinski definition) is 2. The fourth-order valence-corrected chi connectivity index (χ4v) is 3.38. The lowest BCUT2D eigenvalue weighted by Crippen LogP contribution is -2.54. The number of rotatable bonds is 11. The molecule has 0 bridgehead atoms. The highest BCUT2D eigenvalue weighted by molar-refractivity contribution is 5.92. The van der Waals surface area contributed by atoms with Crippen molar-refractivity contribution in [1.29, 1.82) is 0 Å². The van der Waals surface area contributed by atoms with Crippen LogP contribution >= 0.6 is 0 Å². The van der Waals surface area contributed by atoms with Crippen LogP contribution in [0.25, 0.3) is 0 Å². The van der Waals surface area contributed by atoms with Gasteiger partial charge in [0, 0.05) is 13.6 Å². The van der Waals surface area contributed by atoms with E-state index >= 15 is 0 Å². The van der Waals surface area contributed by atoms with Crippen LogP contribution in [0.1, 0.15) is 71.6 Å². The molecule has 0 fully saturated rings. The second-order valence-electron chi connectivity index (χ2n) is 9.62. The highest BCUT2D eigenvalue weighted by Crippen LogP contribution is 2.23. The summed E-state index contributed by atoms with van der Waals surface area (Å²) in [4.78, 5) is 52.3. The molecule has 3 amide bonds. The van der Waals surface area contributed by atoms with Crippen LogP contribution in [0.4, 0.5) is 4.79 Å². The lowest BCUT2D eigenvalue weighted by Gasteiger charge is -2.33. The Bertz CT molecular complexity index is 863. The van der Waals surface area contributed by atoms with E-state index in [1.807, 2.05) is 32.9 Å². The Hall–Kier alpha value is -3.10. The molecule has 3 atom stereocenters. The molecule has 1 aromatic rings. The van der Waals surface area contributed by atoms with E-state index < -0.39 is 41.6 Å². The van der Waals surface area contributed by atoms with Gasteiger partial charge in [0.25, 0.3) is 0 Å². The van der Waals surface area contributed by atoms with Crippen molar-refractivity contribution in [3.63, 3.8) is 0 Å². The molecule has 3 unspecified atom stereocenters. The van der Waals surface area contributed by atoms with Crippen LogP contribution in [0, 0.1) is 12.8 Å². The van der Waals surface area contributed by atoms with Gasteiger partial charge >= 0.3 is 12.1 Å². The molecule has 196 valence electrons. The topological polar surface area (TPSA) is 114 Å². The molecule has 35 heavy (non-hydrogen) atoms. The van der Waals surface area contributed by atoms with E-state index in [2.05, 4.69) is 10.6 Å². The molecule has 0 saturated heterocycles. The van der Waals surface area contributed by atoms with Crippen molar-refractivity contribution in [2.75, 3.05) is 20.2 Å². The Morgan fingerprint density at radius 1 is 1.06 bits per heavy atom. The summed E-state index contributed by atoms with van der Waals surface area (Å²) in [6.07, 6.45) is -0.0514. The molecule has 0 aromatic heterocycles.